The third kappa shape index (κ3) is 3.19. The molecule has 8 nitrogen and oxygen atoms in total. The zero-order chi connectivity index (χ0) is 19.7. The van der Waals surface area contributed by atoms with Crippen molar-refractivity contribution in [2.75, 3.05) is 11.1 Å². The SMILES string of the molecule is Cc1cccc(-c2nn3c(Cl)cnc3cc2CNc2ncnc(N)c2C#N)c1. The minimum atomic E-state index is 0.132. The Balaban J connectivity index is 1.79. The zero-order valence-electron chi connectivity index (χ0n) is 14.9. The van der Waals surface area contributed by atoms with E-state index in [1.165, 1.54) is 6.33 Å². The average Bonchev–Trinajstić information content (AvgIpc) is 3.05. The highest BCUT2D eigenvalue weighted by atomic mass is 35.5. The summed E-state index contributed by atoms with van der Waals surface area (Å²) in [5.41, 5.74) is 10.3. The van der Waals surface area contributed by atoms with Gasteiger partial charge in [0.15, 0.2) is 10.8 Å². The number of hydrogen-bond donors (Lipinski definition) is 2. The first-order valence-electron chi connectivity index (χ1n) is 8.41. The molecular weight excluding hydrogens is 376 g/mol. The first-order valence-corrected chi connectivity index (χ1v) is 8.79. The Morgan fingerprint density at radius 2 is 2.11 bits per heavy atom. The van der Waals surface area contributed by atoms with E-state index < -0.39 is 0 Å². The van der Waals surface area contributed by atoms with Gasteiger partial charge in [0.1, 0.15) is 29.6 Å². The first kappa shape index (κ1) is 17.7. The number of rotatable bonds is 4. The summed E-state index contributed by atoms with van der Waals surface area (Å²) < 4.78 is 1.59. The Hall–Kier alpha value is -3.70. The van der Waals surface area contributed by atoms with E-state index >= 15 is 0 Å². The molecular formula is C19H15ClN8. The minimum Gasteiger partial charge on any atom is -0.382 e. The number of halogens is 1. The monoisotopic (exact) mass is 390 g/mol. The lowest BCUT2D eigenvalue weighted by Crippen LogP contribution is -2.09. The molecule has 3 N–H and O–H groups in total. The summed E-state index contributed by atoms with van der Waals surface area (Å²) in [4.78, 5) is 12.2. The molecule has 9 heteroatoms. The lowest BCUT2D eigenvalue weighted by molar-refractivity contribution is 0.921. The van der Waals surface area contributed by atoms with Crippen molar-refractivity contribution < 1.29 is 0 Å². The number of nitrogens with one attached hydrogen (secondary N) is 1. The summed E-state index contributed by atoms with van der Waals surface area (Å²) in [6, 6.07) is 12.0. The molecule has 0 unspecified atom stereocenters. The fraction of sp³-hybridized carbons (Fsp3) is 0.105. The van der Waals surface area contributed by atoms with E-state index in [9.17, 15) is 5.26 Å². The highest BCUT2D eigenvalue weighted by Crippen LogP contribution is 2.26. The van der Waals surface area contributed by atoms with E-state index in [0.29, 0.717) is 23.2 Å². The minimum absolute atomic E-state index is 0.132. The van der Waals surface area contributed by atoms with Crippen molar-refractivity contribution in [1.29, 1.82) is 5.26 Å². The average molecular weight is 391 g/mol. The quantitative estimate of drug-likeness (QED) is 0.549. The molecule has 0 aliphatic carbocycles. The van der Waals surface area contributed by atoms with Gasteiger partial charge in [-0.25, -0.2) is 19.5 Å². The van der Waals surface area contributed by atoms with Crippen molar-refractivity contribution in [2.24, 2.45) is 0 Å². The van der Waals surface area contributed by atoms with Crippen LogP contribution in [-0.4, -0.2) is 24.6 Å². The Morgan fingerprint density at radius 1 is 1.25 bits per heavy atom. The second-order valence-corrected chi connectivity index (χ2v) is 6.57. The number of imidazole rings is 1. The van der Waals surface area contributed by atoms with Gasteiger partial charge in [-0.15, -0.1) is 0 Å². The number of nitrogen functional groups attached to an aromatic ring is 1. The van der Waals surface area contributed by atoms with Crippen LogP contribution in [-0.2, 0) is 6.54 Å². The summed E-state index contributed by atoms with van der Waals surface area (Å²) in [5.74, 6) is 0.499. The van der Waals surface area contributed by atoms with Crippen LogP contribution >= 0.6 is 11.6 Å². The molecule has 1 aromatic carbocycles. The molecule has 0 saturated heterocycles. The van der Waals surface area contributed by atoms with Crippen molar-refractivity contribution in [3.63, 3.8) is 0 Å². The Morgan fingerprint density at radius 3 is 2.89 bits per heavy atom. The molecule has 0 amide bonds. The lowest BCUT2D eigenvalue weighted by Gasteiger charge is -2.13. The molecule has 4 rings (SSSR count). The Kier molecular flexibility index (Phi) is 4.51. The van der Waals surface area contributed by atoms with Crippen LogP contribution in [0, 0.1) is 18.3 Å². The summed E-state index contributed by atoms with van der Waals surface area (Å²) in [6.07, 6.45) is 2.87. The molecule has 0 bridgehead atoms. The van der Waals surface area contributed by atoms with E-state index in [2.05, 4.69) is 25.4 Å². The highest BCUT2D eigenvalue weighted by molar-refractivity contribution is 6.29. The van der Waals surface area contributed by atoms with Gasteiger partial charge in [-0.2, -0.15) is 10.4 Å². The highest BCUT2D eigenvalue weighted by Gasteiger charge is 2.14. The van der Waals surface area contributed by atoms with Gasteiger partial charge < -0.3 is 11.1 Å². The predicted octanol–water partition coefficient (Wildman–Crippen LogP) is 3.21. The molecule has 0 aliphatic rings. The zero-order valence-corrected chi connectivity index (χ0v) is 15.6. The fourth-order valence-corrected chi connectivity index (χ4v) is 3.09. The van der Waals surface area contributed by atoms with Gasteiger partial charge in [0, 0.05) is 17.7 Å². The number of hydrogen-bond acceptors (Lipinski definition) is 7. The third-order valence-electron chi connectivity index (χ3n) is 4.26. The van der Waals surface area contributed by atoms with Crippen molar-refractivity contribution in [1.82, 2.24) is 24.6 Å². The third-order valence-corrected chi connectivity index (χ3v) is 4.51. The number of nitrogens with two attached hydrogens (primary N) is 1. The molecule has 0 radical (unpaired) electrons. The van der Waals surface area contributed by atoms with Crippen molar-refractivity contribution in [3.05, 3.63) is 64.7 Å². The van der Waals surface area contributed by atoms with Crippen LogP contribution in [0.1, 0.15) is 16.7 Å². The van der Waals surface area contributed by atoms with Gasteiger partial charge in [0.2, 0.25) is 0 Å². The topological polar surface area (TPSA) is 118 Å². The number of nitriles is 1. The van der Waals surface area contributed by atoms with Crippen LogP contribution in [0.2, 0.25) is 5.15 Å². The molecule has 28 heavy (non-hydrogen) atoms. The maximum absolute atomic E-state index is 9.31. The van der Waals surface area contributed by atoms with Crippen LogP contribution in [0.15, 0.2) is 42.9 Å². The first-order chi connectivity index (χ1) is 13.6. The van der Waals surface area contributed by atoms with Gasteiger partial charge in [-0.05, 0) is 19.1 Å². The van der Waals surface area contributed by atoms with Gasteiger partial charge in [-0.1, -0.05) is 35.4 Å². The van der Waals surface area contributed by atoms with Crippen LogP contribution in [0.3, 0.4) is 0 Å². The van der Waals surface area contributed by atoms with Crippen LogP contribution < -0.4 is 11.1 Å². The normalized spacial score (nSPS) is 10.8. The van der Waals surface area contributed by atoms with Gasteiger partial charge >= 0.3 is 0 Å². The van der Waals surface area contributed by atoms with Crippen molar-refractivity contribution >= 4 is 28.9 Å². The molecule has 3 aromatic heterocycles. The standard InChI is InChI=1S/C19H15ClN8/c1-11-3-2-4-12(5-11)17-13(6-16-23-9-15(20)28(16)27-17)8-24-19-14(7-21)18(22)25-10-26-19/h2-6,9-10H,8H2,1H3,(H3,22,24,25,26). The van der Waals surface area contributed by atoms with Crippen molar-refractivity contribution in [3.8, 4) is 17.3 Å². The van der Waals surface area contributed by atoms with Gasteiger partial charge in [-0.3, -0.25) is 0 Å². The Bertz CT molecular complexity index is 1220. The summed E-state index contributed by atoms with van der Waals surface area (Å²) >= 11 is 6.20. The second-order valence-electron chi connectivity index (χ2n) is 6.19. The number of benzene rings is 1. The van der Waals surface area contributed by atoms with Gasteiger partial charge in [0.25, 0.3) is 0 Å². The number of fused-ring (bicyclic) bond motifs is 1. The molecule has 0 fully saturated rings. The summed E-state index contributed by atoms with van der Waals surface area (Å²) in [6.45, 7) is 2.38. The molecule has 138 valence electrons. The van der Waals surface area contributed by atoms with E-state index in [1.807, 2.05) is 43.3 Å². The number of anilines is 2. The van der Waals surface area contributed by atoms with Crippen LogP contribution in [0.25, 0.3) is 16.9 Å². The summed E-state index contributed by atoms with van der Waals surface area (Å²) in [5, 5.41) is 17.6. The number of aromatic nitrogens is 5. The van der Waals surface area contributed by atoms with E-state index in [1.54, 1.807) is 10.7 Å². The molecule has 0 atom stereocenters. The molecule has 0 saturated carbocycles. The van der Waals surface area contributed by atoms with E-state index in [-0.39, 0.29) is 11.4 Å². The molecule has 0 aliphatic heterocycles. The fourth-order valence-electron chi connectivity index (χ4n) is 2.92. The maximum atomic E-state index is 9.31. The lowest BCUT2D eigenvalue weighted by atomic mass is 10.0. The van der Waals surface area contributed by atoms with E-state index in [4.69, 9.17) is 17.3 Å². The molecule has 3 heterocycles. The summed E-state index contributed by atoms with van der Waals surface area (Å²) in [7, 11) is 0. The predicted molar refractivity (Wildman–Crippen MR) is 107 cm³/mol. The van der Waals surface area contributed by atoms with Crippen molar-refractivity contribution in [2.45, 2.75) is 13.5 Å². The second kappa shape index (κ2) is 7.13. The largest absolute Gasteiger partial charge is 0.382 e. The van der Waals surface area contributed by atoms with Crippen LogP contribution in [0.4, 0.5) is 11.6 Å². The molecule has 4 aromatic rings. The smallest absolute Gasteiger partial charge is 0.155 e. The van der Waals surface area contributed by atoms with Gasteiger partial charge in [0.05, 0.1) is 11.9 Å². The number of nitrogens with zero attached hydrogens (tertiary/aromatic N) is 6. The Labute approximate surface area is 165 Å². The number of aryl methyl sites for hydroxylation is 1. The maximum Gasteiger partial charge on any atom is 0.155 e. The van der Waals surface area contributed by atoms with Crippen LogP contribution in [0.5, 0.6) is 0 Å². The van der Waals surface area contributed by atoms with E-state index in [0.717, 1.165) is 22.4 Å². The molecule has 0 spiro atoms.